The summed E-state index contributed by atoms with van der Waals surface area (Å²) < 4.78 is 10.6. The molecule has 2 rings (SSSR count). The van der Waals surface area contributed by atoms with Gasteiger partial charge < -0.3 is 14.8 Å². The van der Waals surface area contributed by atoms with Crippen molar-refractivity contribution in [3.05, 3.63) is 35.4 Å². The quantitative estimate of drug-likeness (QED) is 0.176. The summed E-state index contributed by atoms with van der Waals surface area (Å²) in [5.41, 5.74) is -0.277. The molecule has 1 saturated carbocycles. The number of aliphatic imine (C=N–C) groups is 1. The number of nitrogens with one attached hydrogen (secondary N) is 3. The summed E-state index contributed by atoms with van der Waals surface area (Å²) in [5, 5.41) is 7.85. The maximum atomic E-state index is 13.1. The predicted octanol–water partition coefficient (Wildman–Crippen LogP) is 6.14. The second-order valence-electron chi connectivity index (χ2n) is 12.3. The van der Waals surface area contributed by atoms with Crippen molar-refractivity contribution in [2.45, 2.75) is 130 Å². The molecule has 9 heteroatoms. The zero-order valence-electron chi connectivity index (χ0n) is 24.9. The summed E-state index contributed by atoms with van der Waals surface area (Å²) in [4.78, 5) is 42.2. The van der Waals surface area contributed by atoms with Crippen molar-refractivity contribution in [2.24, 2.45) is 4.99 Å². The van der Waals surface area contributed by atoms with Crippen LogP contribution in [-0.2, 0) is 27.2 Å². The molecule has 1 fully saturated rings. The highest BCUT2D eigenvalue weighted by Crippen LogP contribution is 2.40. The van der Waals surface area contributed by atoms with E-state index >= 15 is 0 Å². The van der Waals surface area contributed by atoms with Crippen LogP contribution < -0.4 is 16.0 Å². The number of carbonyl (C=O) groups is 3. The van der Waals surface area contributed by atoms with Gasteiger partial charge in [-0.3, -0.25) is 15.4 Å². The molecule has 0 aromatic heterocycles. The first-order valence-electron chi connectivity index (χ1n) is 14.2. The van der Waals surface area contributed by atoms with Gasteiger partial charge in [0.1, 0.15) is 16.7 Å². The van der Waals surface area contributed by atoms with Crippen LogP contribution in [0.3, 0.4) is 0 Å². The highest BCUT2D eigenvalue weighted by Gasteiger charge is 2.50. The summed E-state index contributed by atoms with van der Waals surface area (Å²) in [7, 11) is 0. The molecule has 0 saturated heterocycles. The first-order valence-corrected chi connectivity index (χ1v) is 14.2. The summed E-state index contributed by atoms with van der Waals surface area (Å²) >= 11 is 0. The molecule has 0 atom stereocenters. The first-order chi connectivity index (χ1) is 18.2. The lowest BCUT2D eigenvalue weighted by Gasteiger charge is -2.22. The third-order valence-corrected chi connectivity index (χ3v) is 6.01. The van der Waals surface area contributed by atoms with E-state index in [0.717, 1.165) is 12.0 Å². The Kier molecular flexibility index (Phi) is 11.8. The molecule has 0 bridgehead atoms. The van der Waals surface area contributed by atoms with Crippen LogP contribution >= 0.6 is 0 Å². The number of unbranched alkanes of at least 4 members (excludes halogenated alkanes) is 5. The van der Waals surface area contributed by atoms with Crippen molar-refractivity contribution >= 4 is 24.1 Å². The SMILES string of the molecule is CCCCCCCCc1ccc(CNC(=O)C2(N=C(NC(=O)OC(C)(C)C)NC(=O)OC(C)(C)C)CC2)cc1. The molecular formula is C30H48N4O5. The Hall–Kier alpha value is -3.10. The summed E-state index contributed by atoms with van der Waals surface area (Å²) in [6, 6.07) is 8.31. The Morgan fingerprint density at radius 1 is 0.795 bits per heavy atom. The Labute approximate surface area is 233 Å². The molecule has 0 radical (unpaired) electrons. The number of aryl methyl sites for hydroxylation is 1. The number of alkyl carbamates (subject to hydrolysis) is 2. The standard InChI is InChI=1S/C30H48N4O5/c1-8-9-10-11-12-13-14-22-15-17-23(18-16-22)21-31-24(35)30(19-20-30)34-25(32-26(36)38-28(2,3)4)33-27(37)39-29(5,6)7/h15-18H,8-14,19-21H2,1-7H3,(H,31,35)(H2,32,33,34,36,37). The number of amides is 3. The monoisotopic (exact) mass is 544 g/mol. The van der Waals surface area contributed by atoms with Crippen molar-refractivity contribution in [2.75, 3.05) is 0 Å². The van der Waals surface area contributed by atoms with Gasteiger partial charge in [-0.05, 0) is 78.4 Å². The molecule has 1 aliphatic carbocycles. The van der Waals surface area contributed by atoms with Crippen LogP contribution in [0.25, 0.3) is 0 Å². The number of benzene rings is 1. The molecule has 1 aliphatic rings. The predicted molar refractivity (Wildman–Crippen MR) is 154 cm³/mol. The van der Waals surface area contributed by atoms with Crippen LogP contribution in [0, 0.1) is 0 Å². The molecule has 3 amide bonds. The first kappa shape index (κ1) is 32.1. The minimum absolute atomic E-state index is 0.190. The molecule has 218 valence electrons. The van der Waals surface area contributed by atoms with Crippen LogP contribution in [0.1, 0.15) is 111 Å². The Balaban J connectivity index is 1.97. The van der Waals surface area contributed by atoms with Crippen LogP contribution in [0.5, 0.6) is 0 Å². The molecule has 1 aromatic rings. The van der Waals surface area contributed by atoms with Crippen LogP contribution in [-0.4, -0.2) is 40.8 Å². The number of ether oxygens (including phenoxy) is 2. The van der Waals surface area contributed by atoms with Gasteiger partial charge in [0.2, 0.25) is 11.9 Å². The van der Waals surface area contributed by atoms with Crippen molar-refractivity contribution in [3.8, 4) is 0 Å². The van der Waals surface area contributed by atoms with Crippen molar-refractivity contribution < 1.29 is 23.9 Å². The van der Waals surface area contributed by atoms with Gasteiger partial charge in [0.05, 0.1) is 0 Å². The largest absolute Gasteiger partial charge is 0.444 e. The van der Waals surface area contributed by atoms with Crippen molar-refractivity contribution in [3.63, 3.8) is 0 Å². The summed E-state index contributed by atoms with van der Waals surface area (Å²) in [6.07, 6.45) is 8.09. The third kappa shape index (κ3) is 13.0. The van der Waals surface area contributed by atoms with Gasteiger partial charge in [0.15, 0.2) is 0 Å². The molecule has 39 heavy (non-hydrogen) atoms. The van der Waals surface area contributed by atoms with Gasteiger partial charge in [0, 0.05) is 6.54 Å². The van der Waals surface area contributed by atoms with Gasteiger partial charge in [-0.2, -0.15) is 0 Å². The molecule has 3 N–H and O–H groups in total. The van der Waals surface area contributed by atoms with Gasteiger partial charge in [-0.25, -0.2) is 14.6 Å². The second-order valence-corrected chi connectivity index (χ2v) is 12.3. The number of hydrogen-bond acceptors (Lipinski definition) is 6. The lowest BCUT2D eigenvalue weighted by Crippen LogP contribution is -2.49. The zero-order valence-corrected chi connectivity index (χ0v) is 24.9. The third-order valence-electron chi connectivity index (χ3n) is 6.01. The maximum Gasteiger partial charge on any atom is 0.414 e. The van der Waals surface area contributed by atoms with E-state index in [4.69, 9.17) is 9.47 Å². The number of nitrogens with zero attached hydrogens (tertiary/aromatic N) is 1. The van der Waals surface area contributed by atoms with Gasteiger partial charge in [0.25, 0.3) is 0 Å². The average molecular weight is 545 g/mol. The van der Waals surface area contributed by atoms with E-state index in [0.29, 0.717) is 19.4 Å². The van der Waals surface area contributed by atoms with E-state index < -0.39 is 28.9 Å². The van der Waals surface area contributed by atoms with E-state index in [-0.39, 0.29) is 11.9 Å². The highest BCUT2D eigenvalue weighted by atomic mass is 16.6. The fourth-order valence-electron chi connectivity index (χ4n) is 3.89. The topological polar surface area (TPSA) is 118 Å². The van der Waals surface area contributed by atoms with Crippen LogP contribution in [0.4, 0.5) is 9.59 Å². The maximum absolute atomic E-state index is 13.1. The minimum Gasteiger partial charge on any atom is -0.444 e. The second kappa shape index (κ2) is 14.3. The van der Waals surface area contributed by atoms with Gasteiger partial charge in [-0.1, -0.05) is 63.3 Å². The number of carbonyl (C=O) groups excluding carboxylic acids is 3. The zero-order chi connectivity index (χ0) is 29.1. The molecule has 9 nitrogen and oxygen atoms in total. The molecular weight excluding hydrogens is 496 g/mol. The van der Waals surface area contributed by atoms with Crippen LogP contribution in [0.15, 0.2) is 29.3 Å². The average Bonchev–Trinajstić information content (AvgIpc) is 3.58. The highest BCUT2D eigenvalue weighted by molar-refractivity contribution is 6.03. The van der Waals surface area contributed by atoms with Gasteiger partial charge >= 0.3 is 12.2 Å². The van der Waals surface area contributed by atoms with Crippen molar-refractivity contribution in [1.29, 1.82) is 0 Å². The normalized spacial score (nSPS) is 14.1. The lowest BCUT2D eigenvalue weighted by atomic mass is 10.0. The van der Waals surface area contributed by atoms with E-state index in [1.807, 2.05) is 12.1 Å². The van der Waals surface area contributed by atoms with E-state index in [2.05, 4.69) is 40.0 Å². The molecule has 0 unspecified atom stereocenters. The fourth-order valence-corrected chi connectivity index (χ4v) is 3.89. The van der Waals surface area contributed by atoms with Crippen LogP contribution in [0.2, 0.25) is 0 Å². The smallest absolute Gasteiger partial charge is 0.414 e. The summed E-state index contributed by atoms with van der Waals surface area (Å²) in [6.45, 7) is 12.9. The minimum atomic E-state index is -1.07. The molecule has 1 aromatic carbocycles. The lowest BCUT2D eigenvalue weighted by molar-refractivity contribution is -0.123. The Morgan fingerprint density at radius 2 is 1.28 bits per heavy atom. The number of guanidine groups is 1. The molecule has 0 aliphatic heterocycles. The Morgan fingerprint density at radius 3 is 1.77 bits per heavy atom. The van der Waals surface area contributed by atoms with E-state index in [9.17, 15) is 14.4 Å². The number of rotatable bonds is 11. The van der Waals surface area contributed by atoms with Crippen molar-refractivity contribution in [1.82, 2.24) is 16.0 Å². The number of hydrogen-bond donors (Lipinski definition) is 3. The summed E-state index contributed by atoms with van der Waals surface area (Å²) in [5.74, 6) is -0.460. The van der Waals surface area contributed by atoms with E-state index in [1.165, 1.54) is 44.1 Å². The van der Waals surface area contributed by atoms with E-state index in [1.54, 1.807) is 41.5 Å². The molecule has 0 spiro atoms. The molecule has 0 heterocycles. The fraction of sp³-hybridized carbons (Fsp3) is 0.667. The Bertz CT molecular complexity index is 954. The van der Waals surface area contributed by atoms with Gasteiger partial charge in [-0.15, -0.1) is 0 Å².